The van der Waals surface area contributed by atoms with Crippen molar-refractivity contribution in [1.29, 1.82) is 0 Å². The van der Waals surface area contributed by atoms with Crippen LogP contribution in [-0.2, 0) is 9.53 Å². The third-order valence-corrected chi connectivity index (χ3v) is 1.52. The molecule has 1 aromatic carbocycles. The third kappa shape index (κ3) is 4.75. The smallest absolute Gasteiger partial charge is 0.304 e. The van der Waals surface area contributed by atoms with Crippen LogP contribution in [0.15, 0.2) is 40.7 Å². The van der Waals surface area contributed by atoms with Gasteiger partial charge in [0.25, 0.3) is 0 Å². The molecule has 0 amide bonds. The Morgan fingerprint density at radius 1 is 1.40 bits per heavy atom. The summed E-state index contributed by atoms with van der Waals surface area (Å²) in [7, 11) is 1.68. The summed E-state index contributed by atoms with van der Waals surface area (Å²) in [6.07, 6.45) is 0. The normalized spacial score (nSPS) is 10.3. The molecule has 0 aliphatic heterocycles. The van der Waals surface area contributed by atoms with Gasteiger partial charge in [0.1, 0.15) is 0 Å². The van der Waals surface area contributed by atoms with Crippen LogP contribution in [0.25, 0.3) is 0 Å². The minimum absolute atomic E-state index is 0.103. The molecule has 0 radical (unpaired) electrons. The van der Waals surface area contributed by atoms with E-state index in [2.05, 4.69) is 10.3 Å². The van der Waals surface area contributed by atoms with Crippen molar-refractivity contribution in [1.82, 2.24) is 5.01 Å². The molecule has 0 spiro atoms. The van der Waals surface area contributed by atoms with E-state index < -0.39 is 0 Å². The number of hydrogen-bond donors (Lipinski definition) is 0. The van der Waals surface area contributed by atoms with Crippen LogP contribution in [-0.4, -0.2) is 24.8 Å². The molecule has 0 unspecified atom stereocenters. The molecule has 0 heterocycles. The summed E-state index contributed by atoms with van der Waals surface area (Å²) in [5.74, 6) is -0.336. The largest absolute Gasteiger partial charge is 0.443 e. The molecule has 1 rings (SSSR count). The van der Waals surface area contributed by atoms with E-state index in [1.807, 2.05) is 30.3 Å². The number of carbonyl (C=O) groups is 1. The first-order chi connectivity index (χ1) is 7.18. The van der Waals surface area contributed by atoms with Gasteiger partial charge in [-0.15, -0.1) is 5.11 Å². The van der Waals surface area contributed by atoms with Gasteiger partial charge in [-0.3, -0.25) is 4.79 Å². The predicted molar refractivity (Wildman–Crippen MR) is 55.4 cm³/mol. The van der Waals surface area contributed by atoms with Crippen LogP contribution in [0.4, 0.5) is 5.69 Å². The highest BCUT2D eigenvalue weighted by Crippen LogP contribution is 2.10. The molecular formula is C10H13N3O2. The molecule has 5 nitrogen and oxygen atoms in total. The zero-order chi connectivity index (χ0) is 11.1. The van der Waals surface area contributed by atoms with E-state index in [1.54, 1.807) is 7.05 Å². The highest BCUT2D eigenvalue weighted by Gasteiger charge is 1.96. The highest BCUT2D eigenvalue weighted by molar-refractivity contribution is 5.65. The second-order valence-corrected chi connectivity index (χ2v) is 2.95. The van der Waals surface area contributed by atoms with Gasteiger partial charge in [0.15, 0.2) is 6.73 Å². The Morgan fingerprint density at radius 3 is 2.67 bits per heavy atom. The van der Waals surface area contributed by atoms with Crippen molar-refractivity contribution in [2.45, 2.75) is 6.92 Å². The summed E-state index contributed by atoms with van der Waals surface area (Å²) in [6.45, 7) is 1.45. The SMILES string of the molecule is CC(=O)OCN(C)N=Nc1ccccc1. The maximum atomic E-state index is 10.5. The van der Waals surface area contributed by atoms with Crippen molar-refractivity contribution in [2.24, 2.45) is 10.3 Å². The fourth-order valence-electron chi connectivity index (χ4n) is 0.833. The molecule has 0 atom stereocenters. The maximum absolute atomic E-state index is 10.5. The van der Waals surface area contributed by atoms with Crippen molar-refractivity contribution >= 4 is 11.7 Å². The summed E-state index contributed by atoms with van der Waals surface area (Å²) in [6, 6.07) is 9.33. The topological polar surface area (TPSA) is 54.3 Å². The first-order valence-electron chi connectivity index (χ1n) is 4.49. The fraction of sp³-hybridized carbons (Fsp3) is 0.300. The minimum atomic E-state index is -0.336. The van der Waals surface area contributed by atoms with E-state index in [0.717, 1.165) is 5.69 Å². The highest BCUT2D eigenvalue weighted by atomic mass is 16.5. The average molecular weight is 207 g/mol. The van der Waals surface area contributed by atoms with Crippen LogP contribution < -0.4 is 0 Å². The predicted octanol–water partition coefficient (Wildman–Crippen LogP) is 2.14. The maximum Gasteiger partial charge on any atom is 0.304 e. The van der Waals surface area contributed by atoms with Crippen LogP contribution in [0, 0.1) is 0 Å². The molecule has 15 heavy (non-hydrogen) atoms. The number of carbonyl (C=O) groups excluding carboxylic acids is 1. The second kappa shape index (κ2) is 5.74. The van der Waals surface area contributed by atoms with E-state index in [-0.39, 0.29) is 12.7 Å². The standard InChI is InChI=1S/C10H13N3O2/c1-9(14)15-8-13(2)12-11-10-6-4-3-5-7-10/h3-7H,8H2,1-2H3. The Bertz CT molecular complexity index is 338. The van der Waals surface area contributed by atoms with Crippen LogP contribution in [0.2, 0.25) is 0 Å². The molecule has 0 saturated carbocycles. The average Bonchev–Trinajstić information content (AvgIpc) is 2.25. The van der Waals surface area contributed by atoms with Crippen LogP contribution >= 0.6 is 0 Å². The van der Waals surface area contributed by atoms with E-state index in [4.69, 9.17) is 4.74 Å². The summed E-state index contributed by atoms with van der Waals surface area (Å²) in [5.41, 5.74) is 0.757. The third-order valence-electron chi connectivity index (χ3n) is 1.52. The van der Waals surface area contributed by atoms with Gasteiger partial charge in [-0.2, -0.15) is 0 Å². The molecular weight excluding hydrogens is 194 g/mol. The van der Waals surface area contributed by atoms with Gasteiger partial charge in [0.05, 0.1) is 5.69 Å². The number of hydrogen-bond acceptors (Lipinski definition) is 4. The van der Waals surface area contributed by atoms with E-state index in [0.29, 0.717) is 0 Å². The summed E-state index contributed by atoms with van der Waals surface area (Å²) in [5, 5.41) is 9.23. The molecule has 0 N–H and O–H groups in total. The first kappa shape index (κ1) is 11.2. The lowest BCUT2D eigenvalue weighted by Gasteiger charge is -2.09. The lowest BCUT2D eigenvalue weighted by molar-refractivity contribution is -0.145. The second-order valence-electron chi connectivity index (χ2n) is 2.95. The number of esters is 1. The van der Waals surface area contributed by atoms with E-state index in [9.17, 15) is 4.79 Å². The molecule has 1 aromatic rings. The Hall–Kier alpha value is -1.91. The number of rotatable bonds is 4. The zero-order valence-electron chi connectivity index (χ0n) is 8.75. The summed E-state index contributed by atoms with van der Waals surface area (Å²) >= 11 is 0. The van der Waals surface area contributed by atoms with Crippen molar-refractivity contribution < 1.29 is 9.53 Å². The van der Waals surface area contributed by atoms with Gasteiger partial charge in [-0.1, -0.05) is 23.4 Å². The van der Waals surface area contributed by atoms with Crippen LogP contribution in [0.3, 0.4) is 0 Å². The van der Waals surface area contributed by atoms with Gasteiger partial charge < -0.3 is 4.74 Å². The molecule has 5 heteroatoms. The van der Waals surface area contributed by atoms with Crippen molar-refractivity contribution in [3.63, 3.8) is 0 Å². The zero-order valence-corrected chi connectivity index (χ0v) is 8.75. The summed E-state index contributed by atoms with van der Waals surface area (Å²) in [4.78, 5) is 10.5. The van der Waals surface area contributed by atoms with Gasteiger partial charge in [-0.05, 0) is 12.1 Å². The van der Waals surface area contributed by atoms with Gasteiger partial charge in [0.2, 0.25) is 0 Å². The molecule has 0 aromatic heterocycles. The Balaban J connectivity index is 2.41. The molecule has 80 valence electrons. The fourth-order valence-corrected chi connectivity index (χ4v) is 0.833. The van der Waals surface area contributed by atoms with Crippen LogP contribution in [0.1, 0.15) is 6.92 Å². The minimum Gasteiger partial charge on any atom is -0.443 e. The molecule has 0 bridgehead atoms. The van der Waals surface area contributed by atoms with Gasteiger partial charge >= 0.3 is 5.97 Å². The lowest BCUT2D eigenvalue weighted by Crippen LogP contribution is -2.16. The van der Waals surface area contributed by atoms with Gasteiger partial charge in [0, 0.05) is 14.0 Å². The van der Waals surface area contributed by atoms with Crippen molar-refractivity contribution in [2.75, 3.05) is 13.8 Å². The lowest BCUT2D eigenvalue weighted by atomic mass is 10.3. The van der Waals surface area contributed by atoms with E-state index in [1.165, 1.54) is 11.9 Å². The Kier molecular flexibility index (Phi) is 4.28. The Labute approximate surface area is 88.3 Å². The van der Waals surface area contributed by atoms with Crippen molar-refractivity contribution in [3.8, 4) is 0 Å². The van der Waals surface area contributed by atoms with Crippen LogP contribution in [0.5, 0.6) is 0 Å². The number of benzene rings is 1. The summed E-state index contributed by atoms with van der Waals surface area (Å²) < 4.78 is 4.73. The first-order valence-corrected chi connectivity index (χ1v) is 4.49. The molecule has 0 aliphatic rings. The Morgan fingerprint density at radius 2 is 2.07 bits per heavy atom. The van der Waals surface area contributed by atoms with Gasteiger partial charge in [-0.25, -0.2) is 5.01 Å². The molecule has 0 fully saturated rings. The van der Waals surface area contributed by atoms with E-state index >= 15 is 0 Å². The monoisotopic (exact) mass is 207 g/mol. The molecule has 0 saturated heterocycles. The number of ether oxygens (including phenoxy) is 1. The number of nitrogens with zero attached hydrogens (tertiary/aromatic N) is 3. The van der Waals surface area contributed by atoms with Crippen molar-refractivity contribution in [3.05, 3.63) is 30.3 Å². The quantitative estimate of drug-likeness (QED) is 0.329. The molecule has 0 aliphatic carbocycles.